The van der Waals surface area contributed by atoms with Crippen molar-refractivity contribution in [2.75, 3.05) is 26.2 Å². The van der Waals surface area contributed by atoms with Crippen molar-refractivity contribution in [2.24, 2.45) is 5.84 Å². The van der Waals surface area contributed by atoms with Gasteiger partial charge in [-0.25, -0.2) is 8.42 Å². The molecule has 0 radical (unpaired) electrons. The fourth-order valence-corrected chi connectivity index (χ4v) is 3.92. The summed E-state index contributed by atoms with van der Waals surface area (Å²) in [5, 5.41) is 0. The molecular formula is C13H23N3O3S. The van der Waals surface area contributed by atoms with Crippen LogP contribution in [0, 0.1) is 13.8 Å². The van der Waals surface area contributed by atoms with Gasteiger partial charge >= 0.3 is 0 Å². The van der Waals surface area contributed by atoms with Gasteiger partial charge in [-0.3, -0.25) is 5.84 Å². The van der Waals surface area contributed by atoms with Crippen LogP contribution < -0.4 is 11.3 Å². The highest BCUT2D eigenvalue weighted by Crippen LogP contribution is 2.27. The number of nitrogen functional groups attached to an aromatic ring is 1. The van der Waals surface area contributed by atoms with E-state index in [2.05, 4.69) is 5.43 Å². The molecule has 1 unspecified atom stereocenters. The van der Waals surface area contributed by atoms with E-state index in [1.54, 1.807) is 40.1 Å². The van der Waals surface area contributed by atoms with E-state index in [9.17, 15) is 8.42 Å². The van der Waals surface area contributed by atoms with E-state index in [0.29, 0.717) is 28.3 Å². The van der Waals surface area contributed by atoms with Gasteiger partial charge in [0.15, 0.2) is 0 Å². The van der Waals surface area contributed by atoms with Gasteiger partial charge < -0.3 is 10.2 Å². The second-order valence-corrected chi connectivity index (χ2v) is 6.84. The number of aryl methyl sites for hydroxylation is 2. The minimum absolute atomic E-state index is 0.240. The molecule has 1 atom stereocenters. The van der Waals surface area contributed by atoms with Crippen LogP contribution in [-0.2, 0) is 14.8 Å². The van der Waals surface area contributed by atoms with Crippen LogP contribution in [0.3, 0.4) is 0 Å². The maximum Gasteiger partial charge on any atom is 0.243 e. The van der Waals surface area contributed by atoms with Gasteiger partial charge in [0.2, 0.25) is 10.0 Å². The quantitative estimate of drug-likeness (QED) is 0.610. The molecular weight excluding hydrogens is 278 g/mol. The summed E-state index contributed by atoms with van der Waals surface area (Å²) in [6.07, 6.45) is 0. The molecule has 0 heterocycles. The van der Waals surface area contributed by atoms with Gasteiger partial charge in [0.1, 0.15) is 0 Å². The third-order valence-corrected chi connectivity index (χ3v) is 5.57. The SMILES string of the molecule is COCC(C)N(C)S(=O)(=O)c1c(C)cc(NN)cc1C. The van der Waals surface area contributed by atoms with Crippen molar-refractivity contribution < 1.29 is 13.2 Å². The Labute approximate surface area is 120 Å². The Morgan fingerprint density at radius 2 is 1.85 bits per heavy atom. The van der Waals surface area contributed by atoms with Crippen LogP contribution >= 0.6 is 0 Å². The van der Waals surface area contributed by atoms with Crippen molar-refractivity contribution in [3.05, 3.63) is 23.3 Å². The molecule has 0 amide bonds. The second-order valence-electron chi connectivity index (χ2n) is 4.91. The van der Waals surface area contributed by atoms with E-state index >= 15 is 0 Å². The first-order valence-corrected chi connectivity index (χ1v) is 7.74. The minimum Gasteiger partial charge on any atom is -0.383 e. The molecule has 0 saturated carbocycles. The number of hydrogen-bond donors (Lipinski definition) is 2. The summed E-state index contributed by atoms with van der Waals surface area (Å²) in [5.41, 5.74) is 4.54. The summed E-state index contributed by atoms with van der Waals surface area (Å²) in [7, 11) is -0.449. The topological polar surface area (TPSA) is 84.7 Å². The molecule has 1 rings (SSSR count). The number of sulfonamides is 1. The number of hydrazine groups is 1. The lowest BCUT2D eigenvalue weighted by Gasteiger charge is -2.25. The number of benzene rings is 1. The summed E-state index contributed by atoms with van der Waals surface area (Å²) in [6.45, 7) is 5.67. The van der Waals surface area contributed by atoms with Crippen LogP contribution in [0.2, 0.25) is 0 Å². The van der Waals surface area contributed by atoms with Crippen LogP contribution in [0.15, 0.2) is 17.0 Å². The molecule has 0 aliphatic rings. The molecule has 0 bridgehead atoms. The number of likely N-dealkylation sites (N-methyl/N-ethyl adjacent to an activating group) is 1. The number of hydrogen-bond acceptors (Lipinski definition) is 5. The van der Waals surface area contributed by atoms with Crippen LogP contribution in [0.5, 0.6) is 0 Å². The number of nitrogens with one attached hydrogen (secondary N) is 1. The maximum atomic E-state index is 12.7. The van der Waals surface area contributed by atoms with Gasteiger partial charge in [-0.2, -0.15) is 4.31 Å². The number of anilines is 1. The maximum absolute atomic E-state index is 12.7. The summed E-state index contributed by atoms with van der Waals surface area (Å²) < 4.78 is 31.8. The molecule has 0 spiro atoms. The second kappa shape index (κ2) is 6.53. The van der Waals surface area contributed by atoms with Crippen molar-refractivity contribution in [1.82, 2.24) is 4.31 Å². The zero-order valence-electron chi connectivity index (χ0n) is 12.6. The summed E-state index contributed by atoms with van der Waals surface area (Å²) in [5.74, 6) is 5.37. The normalized spacial score (nSPS) is 13.6. The van der Waals surface area contributed by atoms with Crippen molar-refractivity contribution >= 4 is 15.7 Å². The van der Waals surface area contributed by atoms with E-state index in [-0.39, 0.29) is 6.04 Å². The van der Waals surface area contributed by atoms with E-state index in [1.807, 2.05) is 6.92 Å². The largest absolute Gasteiger partial charge is 0.383 e. The predicted molar refractivity (Wildman–Crippen MR) is 80.0 cm³/mol. The molecule has 20 heavy (non-hydrogen) atoms. The smallest absolute Gasteiger partial charge is 0.243 e. The van der Waals surface area contributed by atoms with Gasteiger partial charge in [0.25, 0.3) is 0 Å². The van der Waals surface area contributed by atoms with E-state index in [0.717, 1.165) is 0 Å². The Morgan fingerprint density at radius 1 is 1.35 bits per heavy atom. The Balaban J connectivity index is 3.29. The third-order valence-electron chi connectivity index (χ3n) is 3.29. The van der Waals surface area contributed by atoms with Gasteiger partial charge in [0, 0.05) is 25.9 Å². The Hall–Kier alpha value is -1.15. The molecule has 0 fully saturated rings. The molecule has 114 valence electrons. The average molecular weight is 301 g/mol. The number of rotatable bonds is 6. The van der Waals surface area contributed by atoms with Crippen LogP contribution in [0.1, 0.15) is 18.1 Å². The first-order valence-electron chi connectivity index (χ1n) is 6.30. The Bertz CT molecular complexity index is 549. The fraction of sp³-hybridized carbons (Fsp3) is 0.538. The van der Waals surface area contributed by atoms with Crippen molar-refractivity contribution in [1.29, 1.82) is 0 Å². The molecule has 0 aliphatic carbocycles. The number of methoxy groups -OCH3 is 1. The molecule has 0 aromatic heterocycles. The molecule has 1 aromatic carbocycles. The number of ether oxygens (including phenoxy) is 1. The predicted octanol–water partition coefficient (Wildman–Crippen LogP) is 1.24. The summed E-state index contributed by atoms with van der Waals surface area (Å²) >= 11 is 0. The van der Waals surface area contributed by atoms with Crippen LogP contribution in [-0.4, -0.2) is 39.5 Å². The first kappa shape index (κ1) is 16.9. The van der Waals surface area contributed by atoms with E-state index in [1.165, 1.54) is 4.31 Å². The van der Waals surface area contributed by atoms with Gasteiger partial charge in [-0.15, -0.1) is 0 Å². The van der Waals surface area contributed by atoms with Crippen molar-refractivity contribution in [3.8, 4) is 0 Å². The average Bonchev–Trinajstić information content (AvgIpc) is 2.36. The fourth-order valence-electron chi connectivity index (χ4n) is 2.17. The Kier molecular flexibility index (Phi) is 5.52. The molecule has 0 saturated heterocycles. The van der Waals surface area contributed by atoms with E-state index in [4.69, 9.17) is 10.6 Å². The standard InChI is InChI=1S/C13H23N3O3S/c1-9-6-12(15-14)7-10(2)13(9)20(17,18)16(4)11(3)8-19-5/h6-7,11,15H,8,14H2,1-5H3. The van der Waals surface area contributed by atoms with Crippen molar-refractivity contribution in [2.45, 2.75) is 31.7 Å². The third kappa shape index (κ3) is 3.29. The lowest BCUT2D eigenvalue weighted by Crippen LogP contribution is -2.38. The first-order chi connectivity index (χ1) is 9.25. The zero-order valence-corrected chi connectivity index (χ0v) is 13.4. The monoisotopic (exact) mass is 301 g/mol. The lowest BCUT2D eigenvalue weighted by molar-refractivity contribution is 0.149. The van der Waals surface area contributed by atoms with Crippen LogP contribution in [0.4, 0.5) is 5.69 Å². The highest BCUT2D eigenvalue weighted by Gasteiger charge is 2.28. The molecule has 1 aromatic rings. The molecule has 7 heteroatoms. The van der Waals surface area contributed by atoms with Gasteiger partial charge in [0.05, 0.1) is 11.5 Å². The minimum atomic E-state index is -3.56. The lowest BCUT2D eigenvalue weighted by atomic mass is 10.1. The zero-order chi connectivity index (χ0) is 15.5. The van der Waals surface area contributed by atoms with Crippen LogP contribution in [0.25, 0.3) is 0 Å². The van der Waals surface area contributed by atoms with Crippen molar-refractivity contribution in [3.63, 3.8) is 0 Å². The molecule has 0 aliphatic heterocycles. The van der Waals surface area contributed by atoms with Gasteiger partial charge in [-0.1, -0.05) is 0 Å². The number of nitrogens with zero attached hydrogens (tertiary/aromatic N) is 1. The highest BCUT2D eigenvalue weighted by molar-refractivity contribution is 7.89. The highest BCUT2D eigenvalue weighted by atomic mass is 32.2. The summed E-state index contributed by atoms with van der Waals surface area (Å²) in [6, 6.07) is 3.19. The van der Waals surface area contributed by atoms with Gasteiger partial charge in [-0.05, 0) is 44.0 Å². The number of nitrogens with two attached hydrogens (primary N) is 1. The van der Waals surface area contributed by atoms with E-state index < -0.39 is 10.0 Å². The molecule has 6 nitrogen and oxygen atoms in total. The molecule has 3 N–H and O–H groups in total. The summed E-state index contributed by atoms with van der Waals surface area (Å²) in [4.78, 5) is 0.321. The Morgan fingerprint density at radius 3 is 2.25 bits per heavy atom.